The number of likely N-dealkylation sites (tertiary alicyclic amines) is 1. The number of carbonyl (C=O) groups excluding carboxylic acids is 3. The maximum atomic E-state index is 13.6. The van der Waals surface area contributed by atoms with Crippen molar-refractivity contribution in [3.63, 3.8) is 0 Å². The fraction of sp³-hybridized carbons (Fsp3) is 0.870. The number of aliphatic hydroxyl groups is 1. The molecule has 8 heteroatoms. The molecule has 8 nitrogen and oxygen atoms in total. The second-order valence-electron chi connectivity index (χ2n) is 9.71. The molecule has 6 atom stereocenters. The Bertz CT molecular complexity index is 701. The molecular weight excluding hydrogens is 398 g/mol. The van der Waals surface area contributed by atoms with Crippen LogP contribution in [-0.2, 0) is 19.1 Å². The first-order chi connectivity index (χ1) is 14.8. The van der Waals surface area contributed by atoms with E-state index in [0.29, 0.717) is 19.4 Å². The molecule has 3 N–H and O–H groups in total. The maximum absolute atomic E-state index is 13.6. The highest BCUT2D eigenvalue weighted by Gasteiger charge is 2.77. The van der Waals surface area contributed by atoms with Crippen LogP contribution in [0.5, 0.6) is 0 Å². The number of rotatable bonds is 11. The summed E-state index contributed by atoms with van der Waals surface area (Å²) in [7, 11) is 1.58. The third-order valence-corrected chi connectivity index (χ3v) is 7.47. The van der Waals surface area contributed by atoms with Gasteiger partial charge in [-0.1, -0.05) is 26.2 Å². The third-order valence-electron chi connectivity index (χ3n) is 7.47. The van der Waals surface area contributed by atoms with Crippen molar-refractivity contribution < 1.29 is 24.2 Å². The molecule has 3 rings (SSSR count). The Morgan fingerprint density at radius 3 is 2.58 bits per heavy atom. The molecule has 1 spiro atoms. The molecule has 31 heavy (non-hydrogen) atoms. The van der Waals surface area contributed by atoms with Crippen LogP contribution in [0.4, 0.5) is 0 Å². The normalized spacial score (nSPS) is 34.7. The van der Waals surface area contributed by atoms with E-state index >= 15 is 0 Å². The first kappa shape index (κ1) is 24.0. The fourth-order valence-corrected chi connectivity index (χ4v) is 6.10. The molecule has 3 amide bonds. The summed E-state index contributed by atoms with van der Waals surface area (Å²) in [6.45, 7) is 6.58. The summed E-state index contributed by atoms with van der Waals surface area (Å²) >= 11 is 0. The molecule has 3 aliphatic rings. The molecule has 0 aliphatic carbocycles. The third kappa shape index (κ3) is 4.09. The van der Waals surface area contributed by atoms with Crippen molar-refractivity contribution >= 4 is 17.7 Å². The molecule has 0 aromatic carbocycles. The Morgan fingerprint density at radius 2 is 1.94 bits per heavy atom. The van der Waals surface area contributed by atoms with Crippen LogP contribution in [0.1, 0.15) is 72.1 Å². The summed E-state index contributed by atoms with van der Waals surface area (Å²) in [5, 5.41) is 14.8. The van der Waals surface area contributed by atoms with Gasteiger partial charge >= 0.3 is 0 Å². The summed E-state index contributed by atoms with van der Waals surface area (Å²) in [5.41, 5.74) is -1.66. The molecular formula is C23H39N3O5. The van der Waals surface area contributed by atoms with Gasteiger partial charge in [0.25, 0.3) is 0 Å². The number of nitrogens with zero attached hydrogens (tertiary/aromatic N) is 1. The fourth-order valence-electron chi connectivity index (χ4n) is 6.10. The zero-order chi connectivity index (χ0) is 22.8. The molecule has 0 radical (unpaired) electrons. The highest BCUT2D eigenvalue weighted by atomic mass is 16.5. The first-order valence-corrected chi connectivity index (χ1v) is 11.9. The van der Waals surface area contributed by atoms with E-state index in [2.05, 4.69) is 17.6 Å². The number of amides is 3. The van der Waals surface area contributed by atoms with Gasteiger partial charge in [0.2, 0.25) is 17.7 Å². The Labute approximate surface area is 185 Å². The molecule has 176 valence electrons. The van der Waals surface area contributed by atoms with Gasteiger partial charge in [0.1, 0.15) is 11.6 Å². The predicted molar refractivity (Wildman–Crippen MR) is 116 cm³/mol. The van der Waals surface area contributed by atoms with Gasteiger partial charge in [0.15, 0.2) is 0 Å². The van der Waals surface area contributed by atoms with E-state index in [1.807, 2.05) is 13.8 Å². The minimum absolute atomic E-state index is 0.0124. The van der Waals surface area contributed by atoms with E-state index in [4.69, 9.17) is 9.84 Å². The van der Waals surface area contributed by atoms with Gasteiger partial charge in [-0.2, -0.15) is 0 Å². The number of hydrogen-bond donors (Lipinski definition) is 3. The number of fused-ring (bicyclic) bond motifs is 1. The van der Waals surface area contributed by atoms with Crippen molar-refractivity contribution in [3.05, 3.63) is 0 Å². The number of hydrogen-bond acceptors (Lipinski definition) is 5. The lowest BCUT2D eigenvalue weighted by Gasteiger charge is -2.34. The number of aliphatic hydroxyl groups excluding tert-OH is 1. The van der Waals surface area contributed by atoms with Crippen LogP contribution < -0.4 is 10.6 Å². The van der Waals surface area contributed by atoms with Gasteiger partial charge in [-0.25, -0.2) is 0 Å². The highest BCUT2D eigenvalue weighted by molar-refractivity contribution is 5.99. The molecule has 0 aromatic rings. The zero-order valence-electron chi connectivity index (χ0n) is 19.4. The lowest BCUT2D eigenvalue weighted by Crippen LogP contribution is -2.56. The number of ether oxygens (including phenoxy) is 1. The summed E-state index contributed by atoms with van der Waals surface area (Å²) < 4.78 is 6.51. The van der Waals surface area contributed by atoms with Crippen molar-refractivity contribution in [2.45, 2.75) is 95.4 Å². The van der Waals surface area contributed by atoms with E-state index in [1.54, 1.807) is 11.9 Å². The van der Waals surface area contributed by atoms with Gasteiger partial charge < -0.3 is 25.4 Å². The van der Waals surface area contributed by atoms with Crippen molar-refractivity contribution in [2.24, 2.45) is 11.8 Å². The number of carbonyl (C=O) groups is 3. The van der Waals surface area contributed by atoms with Crippen LogP contribution in [0.2, 0.25) is 0 Å². The van der Waals surface area contributed by atoms with E-state index in [-0.39, 0.29) is 30.4 Å². The highest BCUT2D eigenvalue weighted by Crippen LogP contribution is 2.63. The number of unbranched alkanes of at least 4 members (excludes halogenated alkanes) is 3. The monoisotopic (exact) mass is 437 g/mol. The average Bonchev–Trinajstić information content (AvgIpc) is 3.28. The lowest BCUT2D eigenvalue weighted by molar-refractivity contribution is -0.146. The maximum Gasteiger partial charge on any atom is 0.246 e. The van der Waals surface area contributed by atoms with E-state index in [1.165, 1.54) is 0 Å². The standard InChI is InChI=1S/C23H39N3O5/c1-5-10-15(2)25-20(29)18-23-12-11-22(3,31-23)16(19(28)24-4)17(23)21(30)26(18)13-8-6-7-9-14-27/h15-18,27H,5-14H2,1-4H3,(H,24,28)(H,25,29)/t15?,16-,17-,18?,22+,23?/m0/s1. The SMILES string of the molecule is CCCC(C)NC(=O)C1N(CCCCCCO)C(=O)[C@@H]2[C@@H](C(=O)NC)[C@@]3(C)CCC12O3. The van der Waals surface area contributed by atoms with Crippen LogP contribution in [0.15, 0.2) is 0 Å². The zero-order valence-corrected chi connectivity index (χ0v) is 19.4. The van der Waals surface area contributed by atoms with Crippen LogP contribution >= 0.6 is 0 Å². The minimum atomic E-state index is -0.940. The second kappa shape index (κ2) is 9.45. The second-order valence-corrected chi connectivity index (χ2v) is 9.71. The molecule has 3 heterocycles. The summed E-state index contributed by atoms with van der Waals surface area (Å²) in [6.07, 6.45) is 6.34. The molecule has 3 unspecified atom stereocenters. The average molecular weight is 438 g/mol. The molecule has 3 saturated heterocycles. The van der Waals surface area contributed by atoms with Gasteiger partial charge in [-0.3, -0.25) is 14.4 Å². The Hall–Kier alpha value is -1.67. The van der Waals surface area contributed by atoms with Gasteiger partial charge in [0, 0.05) is 26.2 Å². The topological polar surface area (TPSA) is 108 Å². The number of nitrogens with one attached hydrogen (secondary N) is 2. The summed E-state index contributed by atoms with van der Waals surface area (Å²) in [5.74, 6) is -1.70. The van der Waals surface area contributed by atoms with E-state index < -0.39 is 29.1 Å². The van der Waals surface area contributed by atoms with E-state index in [9.17, 15) is 14.4 Å². The Morgan fingerprint density at radius 1 is 1.23 bits per heavy atom. The van der Waals surface area contributed by atoms with Gasteiger partial charge in [-0.15, -0.1) is 0 Å². The molecule has 3 aliphatic heterocycles. The van der Waals surface area contributed by atoms with Crippen LogP contribution in [0.25, 0.3) is 0 Å². The first-order valence-electron chi connectivity index (χ1n) is 11.9. The van der Waals surface area contributed by atoms with Crippen molar-refractivity contribution in [2.75, 3.05) is 20.2 Å². The van der Waals surface area contributed by atoms with Crippen molar-refractivity contribution in [1.82, 2.24) is 15.5 Å². The minimum Gasteiger partial charge on any atom is -0.396 e. The molecule has 3 fully saturated rings. The predicted octanol–water partition coefficient (Wildman–Crippen LogP) is 1.35. The van der Waals surface area contributed by atoms with Gasteiger partial charge in [0.05, 0.1) is 17.4 Å². The molecule has 0 saturated carbocycles. The van der Waals surface area contributed by atoms with Gasteiger partial charge in [-0.05, 0) is 46.0 Å². The Kier molecular flexibility index (Phi) is 7.31. The van der Waals surface area contributed by atoms with Crippen LogP contribution in [-0.4, -0.2) is 71.2 Å². The Balaban J connectivity index is 1.89. The van der Waals surface area contributed by atoms with Crippen LogP contribution in [0.3, 0.4) is 0 Å². The summed E-state index contributed by atoms with van der Waals surface area (Å²) in [6, 6.07) is -0.697. The van der Waals surface area contributed by atoms with Crippen molar-refractivity contribution in [3.8, 4) is 0 Å². The largest absolute Gasteiger partial charge is 0.396 e. The summed E-state index contributed by atoms with van der Waals surface area (Å²) in [4.78, 5) is 41.6. The van der Waals surface area contributed by atoms with E-state index in [0.717, 1.165) is 38.5 Å². The molecule has 2 bridgehead atoms. The van der Waals surface area contributed by atoms with Crippen LogP contribution in [0, 0.1) is 11.8 Å². The quantitative estimate of drug-likeness (QED) is 0.423. The van der Waals surface area contributed by atoms with Crippen molar-refractivity contribution in [1.29, 1.82) is 0 Å². The lowest BCUT2D eigenvalue weighted by atomic mass is 9.66. The smallest absolute Gasteiger partial charge is 0.246 e. The molecule has 0 aromatic heterocycles.